The van der Waals surface area contributed by atoms with Crippen LogP contribution in [0.15, 0.2) is 59.3 Å². The third kappa shape index (κ3) is 9.77. The summed E-state index contributed by atoms with van der Waals surface area (Å²) in [6, 6.07) is 0. The van der Waals surface area contributed by atoms with Crippen molar-refractivity contribution < 1.29 is 57.3 Å². The van der Waals surface area contributed by atoms with Crippen molar-refractivity contribution in [1.29, 1.82) is 0 Å². The molecule has 0 bridgehead atoms. The number of esters is 4. The fourth-order valence-corrected chi connectivity index (χ4v) is 38.3. The molecular weight excluding hydrogens is 1390 g/mol. The second kappa shape index (κ2) is 25.6. The standard InChI is InChI=1S/C26H34O3.C25H34O3.C25H32O3.C24H32O3/c1-2-25-9-7-18-17-6-5-16(27)11-15(17)12-19(14-3-4-14)23(18)24(25)20-13-21(20)26(25)10-8-22(28)29-26;2*1-3-14-11-15-12-16(26)5-6-17(15)18-7-9-24(4-2)23(22(14)18)19-13-20(19)25(24)10-8-21(27)28-25;1-3-23-8-6-17-16-5-4-15(25)11-14(16)10-13(2)21(17)22(23)18-12-19(18)24(23)9-7-20(26)27-24/h11,14,17-21,23-24H,2-10,12-13H2,1H3;12,14,17-20,22-23H,3-11,13H2,1-2H3;3,12,14,17-20,22-23H,1,4-11,13H2,2H3;11,13,16-19,21-22H,3-10,12H2,1-2H3/t17-,18?,19?,20?,21?,23?,24?,25-,26-;2*14?,17-,18?,19?,20?,22?,23?,24-,25-;13?,16-,17?,18?,19?,21?,22?,23-,24-/m0000/s1. The van der Waals surface area contributed by atoms with Crippen LogP contribution in [-0.4, -0.2) is 69.4 Å². The van der Waals surface area contributed by atoms with Gasteiger partial charge in [0.2, 0.25) is 0 Å². The molecule has 36 atom stereocenters. The van der Waals surface area contributed by atoms with E-state index in [0.717, 1.165) is 192 Å². The lowest BCUT2D eigenvalue weighted by Gasteiger charge is -2.60. The van der Waals surface area contributed by atoms with Gasteiger partial charge in [-0.15, -0.1) is 6.58 Å². The zero-order valence-corrected chi connectivity index (χ0v) is 68.8. The molecule has 0 radical (unpaired) electrons. The number of ketones is 4. The van der Waals surface area contributed by atoms with Gasteiger partial charge in [0.1, 0.15) is 22.4 Å². The minimum Gasteiger partial charge on any atom is -0.458 e. The Bertz CT molecular complexity index is 4180. The first-order valence-corrected chi connectivity index (χ1v) is 47.6. The Morgan fingerprint density at radius 1 is 0.348 bits per heavy atom. The highest BCUT2D eigenvalue weighted by molar-refractivity contribution is 5.93. The third-order valence-corrected chi connectivity index (χ3v) is 41.8. The second-order valence-electron chi connectivity index (χ2n) is 43.9. The van der Waals surface area contributed by atoms with Crippen molar-refractivity contribution in [3.05, 3.63) is 59.3 Å². The van der Waals surface area contributed by atoms with E-state index in [-0.39, 0.29) is 67.9 Å². The second-order valence-corrected chi connectivity index (χ2v) is 43.9. The van der Waals surface area contributed by atoms with E-state index in [1.165, 1.54) is 144 Å². The summed E-state index contributed by atoms with van der Waals surface area (Å²) in [5.41, 5.74) is 6.24. The molecule has 17 saturated carbocycles. The van der Waals surface area contributed by atoms with Gasteiger partial charge in [0.05, 0.1) is 0 Å². The van der Waals surface area contributed by atoms with Crippen LogP contribution in [-0.2, 0) is 57.3 Å². The predicted molar refractivity (Wildman–Crippen MR) is 423 cm³/mol. The molecule has 24 unspecified atom stereocenters. The number of ether oxygens (including phenoxy) is 4. The Hall–Kier alpha value is -4.74. The molecule has 25 aliphatic rings. The lowest BCUT2D eigenvalue weighted by atomic mass is 9.45. The van der Waals surface area contributed by atoms with E-state index in [2.05, 4.69) is 60.3 Å². The molecule has 604 valence electrons. The summed E-state index contributed by atoms with van der Waals surface area (Å²) in [5.74, 6) is 22.4. The highest BCUT2D eigenvalue weighted by atomic mass is 16.6. The van der Waals surface area contributed by atoms with Gasteiger partial charge in [-0.25, -0.2) is 0 Å². The molecule has 0 aromatic heterocycles. The number of fused-ring (bicyclic) bond motifs is 36. The van der Waals surface area contributed by atoms with E-state index in [1.54, 1.807) is 0 Å². The van der Waals surface area contributed by atoms with Crippen molar-refractivity contribution in [1.82, 2.24) is 0 Å². The molecule has 0 amide bonds. The molecule has 4 spiro atoms. The first-order chi connectivity index (χ1) is 54.2. The van der Waals surface area contributed by atoms with Gasteiger partial charge >= 0.3 is 23.9 Å². The largest absolute Gasteiger partial charge is 0.458 e. The molecule has 25 rings (SSSR count). The minimum absolute atomic E-state index is 0.0428. The van der Waals surface area contributed by atoms with Crippen LogP contribution in [0.5, 0.6) is 0 Å². The maximum Gasteiger partial charge on any atom is 0.306 e. The molecule has 0 aromatic rings. The molecule has 4 saturated heterocycles. The number of carbonyl (C=O) groups excluding carboxylic acids is 8. The summed E-state index contributed by atoms with van der Waals surface area (Å²) in [7, 11) is 0. The molecule has 21 aliphatic carbocycles. The number of allylic oxidation sites excluding steroid dienone is 5. The van der Waals surface area contributed by atoms with E-state index in [0.29, 0.717) is 132 Å². The summed E-state index contributed by atoms with van der Waals surface area (Å²) in [6.45, 7) is 18.5. The van der Waals surface area contributed by atoms with Gasteiger partial charge in [0.25, 0.3) is 0 Å². The Kier molecular flexibility index (Phi) is 16.9. The molecule has 4 aliphatic heterocycles. The van der Waals surface area contributed by atoms with E-state index in [9.17, 15) is 38.4 Å². The Morgan fingerprint density at radius 2 is 0.670 bits per heavy atom. The van der Waals surface area contributed by atoms with Gasteiger partial charge in [-0.1, -0.05) is 76.3 Å². The van der Waals surface area contributed by atoms with Crippen molar-refractivity contribution in [3.63, 3.8) is 0 Å². The molecule has 12 nitrogen and oxygen atoms in total. The lowest BCUT2D eigenvalue weighted by Crippen LogP contribution is -2.58. The fraction of sp³-hybridized carbons (Fsp3) is 0.820. The van der Waals surface area contributed by atoms with Crippen molar-refractivity contribution >= 4 is 47.0 Å². The SMILES string of the molecule is C=CC1CC2=CC(=O)CC[C@@H]2C2CC[C@@]3(CC)C(C4CC4[C@@]34CCC(=O)O4)C12.CCC1CC2=CC(=O)CC[C@@H]2C2CC[C@@]3(CC)C(C4CC4[C@@]34CCC(=O)O4)C12.CC[C@]12CCC3C(C(C)CC4=CC(=O)CC[C@@H]43)C1C1CC1[C@@]21CCC(=O)O1.CC[C@]12CCC3C(C(C4CC4)CC4=CC(=O)CC[C@@H]43)C1C1CC1[C@@]21CCC(=O)O1. The van der Waals surface area contributed by atoms with Crippen molar-refractivity contribution in [2.24, 2.45) is 193 Å². The summed E-state index contributed by atoms with van der Waals surface area (Å²) in [5, 5.41) is 0. The lowest BCUT2D eigenvalue weighted by molar-refractivity contribution is -0.183. The number of hydrogen-bond donors (Lipinski definition) is 0. The van der Waals surface area contributed by atoms with Crippen molar-refractivity contribution in [2.45, 2.75) is 314 Å². The Balaban J connectivity index is 0.0000000916. The maximum atomic E-state index is 12.3. The van der Waals surface area contributed by atoms with Gasteiger partial charge in [-0.05, 0) is 365 Å². The van der Waals surface area contributed by atoms with Crippen LogP contribution in [0.2, 0.25) is 0 Å². The minimum atomic E-state index is -0.163. The number of carbonyl (C=O) groups is 8. The smallest absolute Gasteiger partial charge is 0.306 e. The predicted octanol–water partition coefficient (Wildman–Crippen LogP) is 19.7. The normalized spacial score (nSPS) is 54.4. The monoisotopic (exact) mass is 1520 g/mol. The summed E-state index contributed by atoms with van der Waals surface area (Å²) >= 11 is 0. The van der Waals surface area contributed by atoms with Crippen LogP contribution in [0.4, 0.5) is 0 Å². The van der Waals surface area contributed by atoms with Crippen LogP contribution >= 0.6 is 0 Å². The molecule has 12 heteroatoms. The summed E-state index contributed by atoms with van der Waals surface area (Å²) in [4.78, 5) is 97.4. The molecule has 21 fully saturated rings. The van der Waals surface area contributed by atoms with Gasteiger partial charge < -0.3 is 18.9 Å². The van der Waals surface area contributed by atoms with Crippen LogP contribution in [0.25, 0.3) is 0 Å². The number of hydrogen-bond acceptors (Lipinski definition) is 12. The number of rotatable bonds is 7. The maximum absolute atomic E-state index is 12.3. The van der Waals surface area contributed by atoms with Gasteiger partial charge in [-0.2, -0.15) is 0 Å². The highest BCUT2D eigenvalue weighted by Crippen LogP contribution is 2.85. The van der Waals surface area contributed by atoms with Gasteiger partial charge in [0, 0.05) is 96.7 Å². The van der Waals surface area contributed by atoms with Crippen LogP contribution in [0.3, 0.4) is 0 Å². The van der Waals surface area contributed by atoms with Crippen LogP contribution in [0, 0.1) is 193 Å². The average Bonchev–Trinajstić information content (AvgIpc) is 1.50. The molecule has 0 N–H and O–H groups in total. The highest BCUT2D eigenvalue weighted by Gasteiger charge is 2.85. The van der Waals surface area contributed by atoms with Crippen molar-refractivity contribution in [2.75, 3.05) is 0 Å². The first-order valence-electron chi connectivity index (χ1n) is 47.6. The molecule has 0 aromatic carbocycles. The zero-order chi connectivity index (χ0) is 76.6. The third-order valence-electron chi connectivity index (χ3n) is 41.8. The first kappa shape index (κ1) is 73.6. The summed E-state index contributed by atoms with van der Waals surface area (Å²) in [6.07, 6.45) is 52.4. The average molecular weight is 1530 g/mol. The molecule has 112 heavy (non-hydrogen) atoms. The quantitative estimate of drug-likeness (QED) is 0.134. The summed E-state index contributed by atoms with van der Waals surface area (Å²) < 4.78 is 25.2. The van der Waals surface area contributed by atoms with Crippen molar-refractivity contribution in [3.8, 4) is 0 Å². The van der Waals surface area contributed by atoms with Crippen LogP contribution < -0.4 is 0 Å². The van der Waals surface area contributed by atoms with Gasteiger partial charge in [-0.3, -0.25) is 38.4 Å². The van der Waals surface area contributed by atoms with E-state index in [1.807, 2.05) is 18.2 Å². The van der Waals surface area contributed by atoms with E-state index in [4.69, 9.17) is 18.9 Å². The van der Waals surface area contributed by atoms with Crippen LogP contribution in [0.1, 0.15) is 292 Å². The van der Waals surface area contributed by atoms with E-state index < -0.39 is 0 Å². The topological polar surface area (TPSA) is 173 Å². The molecule has 4 heterocycles. The fourth-order valence-electron chi connectivity index (χ4n) is 38.3. The Labute approximate surface area is 667 Å². The van der Waals surface area contributed by atoms with E-state index >= 15 is 0 Å². The zero-order valence-electron chi connectivity index (χ0n) is 68.8. The van der Waals surface area contributed by atoms with Gasteiger partial charge in [0.15, 0.2) is 23.1 Å². The Morgan fingerprint density at radius 3 is 1.02 bits per heavy atom. The molecular formula is C100H132O12.